The maximum atomic E-state index is 11.6. The molecule has 2 aromatic carbocycles. The molecule has 2 heterocycles. The van der Waals surface area contributed by atoms with Gasteiger partial charge in [-0.25, -0.2) is 0 Å². The summed E-state index contributed by atoms with van der Waals surface area (Å²) >= 11 is 10.4. The van der Waals surface area contributed by atoms with Crippen molar-refractivity contribution in [3.8, 4) is 0 Å². The third-order valence-corrected chi connectivity index (χ3v) is 11.5. The van der Waals surface area contributed by atoms with Gasteiger partial charge in [0.2, 0.25) is 0 Å². The summed E-state index contributed by atoms with van der Waals surface area (Å²) in [4.78, 5) is 79.0. The van der Waals surface area contributed by atoms with Crippen LogP contribution in [0.25, 0.3) is 0 Å². The smallest absolute Gasteiger partial charge is 0.317 e. The summed E-state index contributed by atoms with van der Waals surface area (Å²) < 4.78 is 0. The van der Waals surface area contributed by atoms with Crippen LogP contribution in [0, 0.1) is 0 Å². The molecule has 0 amide bonds. The number of carbonyl (C=O) groups is 6. The average molecular weight is 1010 g/mol. The number of nitrogens with zero attached hydrogens (tertiary/aromatic N) is 6. The molecule has 4 rings (SSSR count). The number of carboxylic acids is 6. The zero-order valence-corrected chi connectivity index (χ0v) is 40.2. The van der Waals surface area contributed by atoms with E-state index >= 15 is 0 Å². The molecule has 2 aliphatic rings. The maximum absolute atomic E-state index is 11.6. The maximum Gasteiger partial charge on any atom is 0.317 e. The van der Waals surface area contributed by atoms with Gasteiger partial charge in [0, 0.05) is 102 Å². The topological polar surface area (TPSA) is 291 Å². The van der Waals surface area contributed by atoms with Crippen LogP contribution in [0.4, 0.5) is 11.4 Å². The van der Waals surface area contributed by atoms with Crippen LogP contribution >= 0.6 is 24.4 Å². The number of carboxylic acid groups (broad SMARTS) is 6. The summed E-state index contributed by atoms with van der Waals surface area (Å²) in [6.45, 7) is 7.82. The van der Waals surface area contributed by atoms with Crippen LogP contribution in [0.3, 0.4) is 0 Å². The molecule has 22 nitrogen and oxygen atoms in total. The first kappa shape index (κ1) is 59.5. The molecule has 0 radical (unpaired) electrons. The molecule has 0 aliphatic carbocycles. The molecule has 2 aromatic rings. The van der Waals surface area contributed by atoms with Crippen LogP contribution < -0.4 is 21.3 Å². The third-order valence-electron chi connectivity index (χ3n) is 11.0. The number of benzene rings is 2. The summed E-state index contributed by atoms with van der Waals surface area (Å²) in [5.74, 6) is -5.91. The van der Waals surface area contributed by atoms with E-state index in [0.29, 0.717) is 102 Å². The van der Waals surface area contributed by atoms with Gasteiger partial charge in [0.25, 0.3) is 0 Å². The van der Waals surface area contributed by atoms with Crippen molar-refractivity contribution in [2.24, 2.45) is 0 Å². The van der Waals surface area contributed by atoms with Gasteiger partial charge in [-0.1, -0.05) is 31.7 Å². The van der Waals surface area contributed by atoms with Crippen molar-refractivity contribution in [1.29, 1.82) is 0 Å². The molecule has 10 N–H and O–H groups in total. The Hall–Kier alpha value is -5.60. The zero-order valence-electron chi connectivity index (χ0n) is 38.5. The molecule has 69 heavy (non-hydrogen) atoms. The van der Waals surface area contributed by atoms with E-state index in [1.165, 1.54) is 0 Å². The fourth-order valence-electron chi connectivity index (χ4n) is 7.89. The average Bonchev–Trinajstić information content (AvgIpc) is 3.35. The van der Waals surface area contributed by atoms with Gasteiger partial charge in [0.1, 0.15) is 0 Å². The quantitative estimate of drug-likeness (QED) is 0.0821. The Morgan fingerprint density at radius 1 is 0.464 bits per heavy atom. The first-order valence-corrected chi connectivity index (χ1v) is 23.1. The van der Waals surface area contributed by atoms with Crippen LogP contribution in [-0.2, 0) is 41.6 Å². The second-order valence-corrected chi connectivity index (χ2v) is 17.2. The lowest BCUT2D eigenvalue weighted by Gasteiger charge is -2.33. The van der Waals surface area contributed by atoms with Crippen LogP contribution in [0.5, 0.6) is 0 Å². The standard InChI is InChI=1S/2C22H33N5O6S.CH4/c2*1-2-23-22(34)24-17-5-3-16(4-6-17)11-18-12-26(14-20(30)31)8-7-25(13-19(28)29)9-10-27(18)15-21(32)33;/h2*3-6,18H,2,7-15H2,1H3,(H,28,29)(H,30,31)(H,32,33)(H2,23,24,34);1H4. The number of anilines is 2. The van der Waals surface area contributed by atoms with Crippen molar-refractivity contribution in [3.63, 3.8) is 0 Å². The SMILES string of the molecule is C.CCNC(=S)Nc1ccc(CC2CN(CC(=O)O)CCN(CC(=O)O)CCN2CC(=O)O)cc1.CCNC(=S)Nc1ccc(CC2CN(CC(=O)O)CCN(CC(=O)O)CCN2CC(=O)O)cc1. The zero-order chi connectivity index (χ0) is 50.2. The Morgan fingerprint density at radius 2 is 0.739 bits per heavy atom. The van der Waals surface area contributed by atoms with Gasteiger partial charge in [0.15, 0.2) is 10.2 Å². The summed E-state index contributed by atoms with van der Waals surface area (Å²) in [6.07, 6.45) is 1.03. The molecular weight excluding hydrogens is 937 g/mol. The van der Waals surface area contributed by atoms with Crippen molar-refractivity contribution in [2.45, 2.75) is 46.2 Å². The van der Waals surface area contributed by atoms with Gasteiger partial charge >= 0.3 is 35.8 Å². The lowest BCUT2D eigenvalue weighted by atomic mass is 10.0. The van der Waals surface area contributed by atoms with E-state index in [1.54, 1.807) is 29.4 Å². The highest BCUT2D eigenvalue weighted by atomic mass is 32.1. The number of thiocarbonyl (C=S) groups is 2. The molecule has 2 aliphatic heterocycles. The Morgan fingerprint density at radius 3 is 1.03 bits per heavy atom. The second kappa shape index (κ2) is 31.5. The number of nitrogens with one attached hydrogen (secondary N) is 4. The first-order valence-electron chi connectivity index (χ1n) is 22.3. The predicted molar refractivity (Wildman–Crippen MR) is 269 cm³/mol. The number of aliphatic carboxylic acids is 6. The minimum Gasteiger partial charge on any atom is -0.480 e. The van der Waals surface area contributed by atoms with Crippen LogP contribution in [0.1, 0.15) is 32.4 Å². The molecule has 0 saturated carbocycles. The molecule has 2 atom stereocenters. The number of hydrogen-bond donors (Lipinski definition) is 10. The van der Waals surface area contributed by atoms with Crippen molar-refractivity contribution >= 4 is 81.9 Å². The van der Waals surface area contributed by atoms with E-state index in [4.69, 9.17) is 24.4 Å². The normalized spacial score (nSPS) is 18.1. The van der Waals surface area contributed by atoms with Crippen molar-refractivity contribution in [3.05, 3.63) is 59.7 Å². The van der Waals surface area contributed by atoms with E-state index < -0.39 is 35.8 Å². The van der Waals surface area contributed by atoms with Crippen molar-refractivity contribution in [2.75, 3.05) is 128 Å². The summed E-state index contributed by atoms with van der Waals surface area (Å²) in [5.41, 5.74) is 3.58. The Bertz CT molecular complexity index is 1850. The summed E-state index contributed by atoms with van der Waals surface area (Å²) in [6, 6.07) is 14.8. The highest BCUT2D eigenvalue weighted by Gasteiger charge is 2.30. The van der Waals surface area contributed by atoms with E-state index in [0.717, 1.165) is 22.5 Å². The monoisotopic (exact) mass is 1010 g/mol. The minimum absolute atomic E-state index is 0. The highest BCUT2D eigenvalue weighted by molar-refractivity contribution is 7.80. The highest BCUT2D eigenvalue weighted by Crippen LogP contribution is 2.18. The van der Waals surface area contributed by atoms with E-state index in [9.17, 15) is 59.4 Å². The molecule has 2 saturated heterocycles. The van der Waals surface area contributed by atoms with Gasteiger partial charge in [-0.05, 0) is 86.5 Å². The molecule has 2 unspecified atom stereocenters. The van der Waals surface area contributed by atoms with Gasteiger partial charge in [-0.15, -0.1) is 0 Å². The summed E-state index contributed by atoms with van der Waals surface area (Å²) in [7, 11) is 0. The van der Waals surface area contributed by atoms with Crippen LogP contribution in [0.2, 0.25) is 0 Å². The minimum atomic E-state index is -0.990. The van der Waals surface area contributed by atoms with E-state index in [2.05, 4.69) is 21.3 Å². The lowest BCUT2D eigenvalue weighted by Crippen LogP contribution is -2.49. The van der Waals surface area contributed by atoms with Crippen LogP contribution in [-0.4, -0.2) is 236 Å². The molecule has 2 fully saturated rings. The molecule has 0 spiro atoms. The fourth-order valence-corrected chi connectivity index (χ4v) is 8.41. The van der Waals surface area contributed by atoms with Gasteiger partial charge in [0.05, 0.1) is 39.3 Å². The molecule has 0 aromatic heterocycles. The van der Waals surface area contributed by atoms with Gasteiger partial charge < -0.3 is 51.9 Å². The van der Waals surface area contributed by atoms with E-state index in [1.807, 2.05) is 62.4 Å². The molecule has 384 valence electrons. The Kier molecular flexibility index (Phi) is 27.2. The molecule has 24 heteroatoms. The van der Waals surface area contributed by atoms with E-state index in [-0.39, 0.29) is 58.8 Å². The van der Waals surface area contributed by atoms with Gasteiger partial charge in [-0.2, -0.15) is 0 Å². The Balaban J connectivity index is 0.000000467. The van der Waals surface area contributed by atoms with Crippen molar-refractivity contribution in [1.82, 2.24) is 40.0 Å². The van der Waals surface area contributed by atoms with Crippen LogP contribution in [0.15, 0.2) is 48.5 Å². The summed E-state index contributed by atoms with van der Waals surface area (Å²) in [5, 5.41) is 69.3. The van der Waals surface area contributed by atoms with Gasteiger partial charge in [-0.3, -0.25) is 58.2 Å². The first-order chi connectivity index (χ1) is 32.3. The fraction of sp³-hybridized carbons (Fsp3) is 0.556. The number of rotatable bonds is 20. The predicted octanol–water partition coefficient (Wildman–Crippen LogP) is 0.791. The lowest BCUT2D eigenvalue weighted by molar-refractivity contribution is -0.140. The molecular formula is C45H70N10O12S2. The Labute approximate surface area is 414 Å². The molecule has 0 bridgehead atoms. The largest absolute Gasteiger partial charge is 0.480 e. The van der Waals surface area contributed by atoms with Crippen molar-refractivity contribution < 1.29 is 59.4 Å². The second-order valence-electron chi connectivity index (χ2n) is 16.4. The number of hydrogen-bond acceptors (Lipinski definition) is 14. The third kappa shape index (κ3) is 24.5.